The molecule has 1 atom stereocenters. The molecular weight excluding hydrogens is 406 g/mol. The molecule has 102 valence electrons. The van der Waals surface area contributed by atoms with Crippen LogP contribution in [0.4, 0.5) is 0 Å². The summed E-state index contributed by atoms with van der Waals surface area (Å²) in [5, 5.41) is 0. The van der Waals surface area contributed by atoms with Gasteiger partial charge in [0.25, 0.3) is 0 Å². The standard InChI is InChI=1S/C10H13Br2NO3S2/c1-17(14)6-2-5-13-18(15,16)10-4-3-8(11)7-9(10)12/h3-4,7,13H,2,5-6H2,1H3. The molecule has 18 heavy (non-hydrogen) atoms. The Bertz CT molecular complexity index is 546. The zero-order valence-electron chi connectivity index (χ0n) is 9.65. The number of hydrogen-bond donors (Lipinski definition) is 1. The highest BCUT2D eigenvalue weighted by Gasteiger charge is 2.16. The lowest BCUT2D eigenvalue weighted by molar-refractivity contribution is 0.580. The van der Waals surface area contributed by atoms with Crippen molar-refractivity contribution in [3.63, 3.8) is 0 Å². The number of rotatable bonds is 6. The highest BCUT2D eigenvalue weighted by Crippen LogP contribution is 2.25. The van der Waals surface area contributed by atoms with E-state index in [0.29, 0.717) is 16.6 Å². The zero-order chi connectivity index (χ0) is 13.8. The minimum Gasteiger partial charge on any atom is -0.260 e. The maximum atomic E-state index is 12.0. The van der Waals surface area contributed by atoms with Crippen LogP contribution < -0.4 is 4.72 Å². The molecule has 1 unspecified atom stereocenters. The molecule has 1 aromatic rings. The average molecular weight is 419 g/mol. The van der Waals surface area contributed by atoms with E-state index in [2.05, 4.69) is 36.6 Å². The lowest BCUT2D eigenvalue weighted by Gasteiger charge is -2.08. The second-order valence-electron chi connectivity index (χ2n) is 3.60. The van der Waals surface area contributed by atoms with Gasteiger partial charge >= 0.3 is 0 Å². The molecule has 0 bridgehead atoms. The maximum absolute atomic E-state index is 12.0. The molecule has 1 aromatic carbocycles. The molecule has 0 aliphatic carbocycles. The van der Waals surface area contributed by atoms with Crippen LogP contribution in [-0.2, 0) is 20.8 Å². The van der Waals surface area contributed by atoms with Gasteiger partial charge in [-0.05, 0) is 40.5 Å². The second kappa shape index (κ2) is 7.14. The van der Waals surface area contributed by atoms with Gasteiger partial charge in [-0.25, -0.2) is 13.1 Å². The quantitative estimate of drug-likeness (QED) is 0.720. The van der Waals surface area contributed by atoms with Crippen molar-refractivity contribution in [1.29, 1.82) is 0 Å². The first-order chi connectivity index (χ1) is 8.33. The number of halogens is 2. The summed E-state index contributed by atoms with van der Waals surface area (Å²) >= 11 is 6.48. The van der Waals surface area contributed by atoms with Gasteiger partial charge in [0.05, 0.1) is 4.90 Å². The SMILES string of the molecule is CS(=O)CCCNS(=O)(=O)c1ccc(Br)cc1Br. The van der Waals surface area contributed by atoms with E-state index in [1.165, 1.54) is 6.07 Å². The van der Waals surface area contributed by atoms with Gasteiger partial charge in [0.15, 0.2) is 0 Å². The van der Waals surface area contributed by atoms with Crippen LogP contribution in [0.15, 0.2) is 32.0 Å². The van der Waals surface area contributed by atoms with Gasteiger partial charge in [-0.1, -0.05) is 15.9 Å². The van der Waals surface area contributed by atoms with Gasteiger partial charge in [-0.3, -0.25) is 4.21 Å². The molecule has 1 rings (SSSR count). The van der Waals surface area contributed by atoms with Crippen molar-refractivity contribution in [1.82, 2.24) is 4.72 Å². The van der Waals surface area contributed by atoms with Crippen molar-refractivity contribution < 1.29 is 12.6 Å². The third-order valence-corrected chi connectivity index (χ3v) is 5.88. The van der Waals surface area contributed by atoms with Crippen LogP contribution in [0.2, 0.25) is 0 Å². The maximum Gasteiger partial charge on any atom is 0.241 e. The van der Waals surface area contributed by atoms with E-state index in [4.69, 9.17) is 0 Å². The van der Waals surface area contributed by atoms with E-state index in [1.54, 1.807) is 18.4 Å². The molecule has 0 heterocycles. The number of hydrogen-bond acceptors (Lipinski definition) is 3. The summed E-state index contributed by atoms with van der Waals surface area (Å²) in [6, 6.07) is 4.87. The van der Waals surface area contributed by atoms with Gasteiger partial charge in [0.2, 0.25) is 10.0 Å². The van der Waals surface area contributed by atoms with Gasteiger partial charge < -0.3 is 0 Å². The third kappa shape index (κ3) is 5.08. The van der Waals surface area contributed by atoms with Gasteiger partial charge in [-0.15, -0.1) is 0 Å². The number of nitrogens with one attached hydrogen (secondary N) is 1. The molecule has 0 fully saturated rings. The zero-order valence-corrected chi connectivity index (χ0v) is 14.5. The first kappa shape index (κ1) is 16.3. The van der Waals surface area contributed by atoms with Crippen molar-refractivity contribution >= 4 is 52.7 Å². The predicted molar refractivity (Wildman–Crippen MR) is 80.6 cm³/mol. The topological polar surface area (TPSA) is 63.2 Å². The fraction of sp³-hybridized carbons (Fsp3) is 0.400. The molecule has 8 heteroatoms. The second-order valence-corrected chi connectivity index (χ2v) is 8.66. The summed E-state index contributed by atoms with van der Waals surface area (Å²) in [5.41, 5.74) is 0. The molecule has 0 radical (unpaired) electrons. The summed E-state index contributed by atoms with van der Waals surface area (Å²) in [5.74, 6) is 0.490. The first-order valence-corrected chi connectivity index (χ1v) is 9.87. The van der Waals surface area contributed by atoms with E-state index in [1.807, 2.05) is 0 Å². The smallest absolute Gasteiger partial charge is 0.241 e. The van der Waals surface area contributed by atoms with Gasteiger partial charge in [0, 0.05) is 38.3 Å². The summed E-state index contributed by atoms with van der Waals surface area (Å²) in [6.07, 6.45) is 2.15. The Morgan fingerprint density at radius 3 is 2.56 bits per heavy atom. The van der Waals surface area contributed by atoms with E-state index in [9.17, 15) is 12.6 Å². The Labute approximate surface area is 126 Å². The highest BCUT2D eigenvalue weighted by atomic mass is 79.9. The van der Waals surface area contributed by atoms with Crippen LogP contribution in [0.1, 0.15) is 6.42 Å². The Kier molecular flexibility index (Phi) is 6.46. The minimum absolute atomic E-state index is 0.198. The van der Waals surface area contributed by atoms with Crippen molar-refractivity contribution in [3.8, 4) is 0 Å². The van der Waals surface area contributed by atoms with Crippen molar-refractivity contribution in [3.05, 3.63) is 27.1 Å². The predicted octanol–water partition coefficient (Wildman–Crippen LogP) is 2.26. The van der Waals surface area contributed by atoms with E-state index < -0.39 is 20.8 Å². The third-order valence-electron chi connectivity index (χ3n) is 2.08. The van der Waals surface area contributed by atoms with Crippen molar-refractivity contribution in [2.45, 2.75) is 11.3 Å². The molecule has 0 aromatic heterocycles. The number of benzene rings is 1. The number of sulfonamides is 1. The fourth-order valence-electron chi connectivity index (χ4n) is 1.25. The molecule has 0 aliphatic rings. The van der Waals surface area contributed by atoms with Gasteiger partial charge in [-0.2, -0.15) is 0 Å². The van der Waals surface area contributed by atoms with Crippen LogP contribution in [0, 0.1) is 0 Å². The molecule has 0 saturated heterocycles. The fourth-order valence-corrected chi connectivity index (χ4v) is 4.62. The van der Waals surface area contributed by atoms with Crippen LogP contribution in [0.25, 0.3) is 0 Å². The highest BCUT2D eigenvalue weighted by molar-refractivity contribution is 9.11. The van der Waals surface area contributed by atoms with E-state index in [0.717, 1.165) is 4.47 Å². The summed E-state index contributed by atoms with van der Waals surface area (Å²) in [6.45, 7) is 0.282. The van der Waals surface area contributed by atoms with Crippen molar-refractivity contribution in [2.75, 3.05) is 18.6 Å². The Hall–Kier alpha value is 0.240. The minimum atomic E-state index is -3.52. The Morgan fingerprint density at radius 2 is 2.00 bits per heavy atom. The molecular formula is C10H13Br2NO3S2. The van der Waals surface area contributed by atoms with E-state index >= 15 is 0 Å². The Balaban J connectivity index is 2.71. The molecule has 0 saturated carbocycles. The van der Waals surface area contributed by atoms with E-state index in [-0.39, 0.29) is 11.4 Å². The summed E-state index contributed by atoms with van der Waals surface area (Å²) < 4.78 is 38.6. The molecule has 0 aliphatic heterocycles. The summed E-state index contributed by atoms with van der Waals surface area (Å²) in [4.78, 5) is 0.198. The van der Waals surface area contributed by atoms with Crippen LogP contribution >= 0.6 is 31.9 Å². The van der Waals surface area contributed by atoms with Crippen LogP contribution in [0.3, 0.4) is 0 Å². The van der Waals surface area contributed by atoms with Crippen molar-refractivity contribution in [2.24, 2.45) is 0 Å². The van der Waals surface area contributed by atoms with Crippen LogP contribution in [0.5, 0.6) is 0 Å². The lowest BCUT2D eigenvalue weighted by Crippen LogP contribution is -2.26. The van der Waals surface area contributed by atoms with Gasteiger partial charge in [0.1, 0.15) is 0 Å². The normalized spacial score (nSPS) is 13.5. The molecule has 0 amide bonds. The molecule has 4 nitrogen and oxygen atoms in total. The Morgan fingerprint density at radius 1 is 1.33 bits per heavy atom. The lowest BCUT2D eigenvalue weighted by atomic mass is 10.4. The molecule has 1 N–H and O–H groups in total. The summed E-state index contributed by atoms with van der Waals surface area (Å²) in [7, 11) is -4.42. The largest absolute Gasteiger partial charge is 0.260 e. The average Bonchev–Trinajstić information content (AvgIpc) is 2.23. The van der Waals surface area contributed by atoms with Crippen LogP contribution in [-0.4, -0.2) is 31.2 Å². The monoisotopic (exact) mass is 417 g/mol. The first-order valence-electron chi connectivity index (χ1n) is 5.07. The molecule has 0 spiro atoms.